The van der Waals surface area contributed by atoms with Gasteiger partial charge in [0.1, 0.15) is 36.0 Å². The van der Waals surface area contributed by atoms with Crippen molar-refractivity contribution in [1.82, 2.24) is 19.9 Å². The molecule has 2 atom stereocenters. The number of benzene rings is 1. The van der Waals surface area contributed by atoms with Crippen LogP contribution in [0.5, 0.6) is 0 Å². The van der Waals surface area contributed by atoms with E-state index in [2.05, 4.69) is 32.7 Å². The smallest absolute Gasteiger partial charge is 0.326 e. The number of methoxy groups -OCH3 is 1. The number of carboxylic acid groups (broad SMARTS) is 1. The molecule has 0 bridgehead atoms. The normalized spacial score (nSPS) is 14.5. The van der Waals surface area contributed by atoms with E-state index in [0.29, 0.717) is 42.2 Å². The van der Waals surface area contributed by atoms with Crippen LogP contribution in [-0.4, -0.2) is 83.0 Å². The first-order chi connectivity index (χ1) is 19.4. The Morgan fingerprint density at radius 1 is 1.20 bits per heavy atom. The van der Waals surface area contributed by atoms with Gasteiger partial charge in [0.15, 0.2) is 0 Å². The molecule has 0 saturated carbocycles. The van der Waals surface area contributed by atoms with Gasteiger partial charge in [-0.25, -0.2) is 28.5 Å². The number of anilines is 2. The second kappa shape index (κ2) is 14.3. The Kier molecular flexibility index (Phi) is 10.5. The molecule has 0 unspecified atom stereocenters. The lowest BCUT2D eigenvalue weighted by Gasteiger charge is -2.27. The third-order valence-electron chi connectivity index (χ3n) is 7.19. The zero-order valence-electron chi connectivity index (χ0n) is 23.1. The van der Waals surface area contributed by atoms with E-state index in [1.54, 1.807) is 6.92 Å². The van der Waals surface area contributed by atoms with Crippen molar-refractivity contribution in [2.75, 3.05) is 50.6 Å². The van der Waals surface area contributed by atoms with Gasteiger partial charge in [-0.1, -0.05) is 6.07 Å². The van der Waals surface area contributed by atoms with Gasteiger partial charge < -0.3 is 25.4 Å². The van der Waals surface area contributed by atoms with Crippen LogP contribution in [0.1, 0.15) is 42.8 Å². The van der Waals surface area contributed by atoms with Crippen molar-refractivity contribution >= 4 is 28.5 Å². The predicted molar refractivity (Wildman–Crippen MR) is 151 cm³/mol. The summed E-state index contributed by atoms with van der Waals surface area (Å²) in [5.74, 6) is 0.266. The zero-order valence-corrected chi connectivity index (χ0v) is 23.1. The van der Waals surface area contributed by atoms with Crippen LogP contribution in [-0.2, 0) is 22.4 Å². The summed E-state index contributed by atoms with van der Waals surface area (Å²) in [5, 5.41) is 16.9. The summed E-state index contributed by atoms with van der Waals surface area (Å²) >= 11 is 0. The number of aryl methyl sites for hydroxylation is 3. The van der Waals surface area contributed by atoms with Crippen molar-refractivity contribution in [3.63, 3.8) is 0 Å². The molecule has 4 rings (SSSR count). The van der Waals surface area contributed by atoms with Crippen LogP contribution in [0.3, 0.4) is 0 Å². The molecule has 0 amide bonds. The summed E-state index contributed by atoms with van der Waals surface area (Å²) in [6.07, 6.45) is 4.42. The van der Waals surface area contributed by atoms with Crippen molar-refractivity contribution in [3.8, 4) is 0 Å². The maximum atomic E-state index is 13.7. The van der Waals surface area contributed by atoms with Gasteiger partial charge >= 0.3 is 5.97 Å². The zero-order chi connectivity index (χ0) is 28.5. The minimum absolute atomic E-state index is 0.252. The largest absolute Gasteiger partial charge is 0.480 e. The summed E-state index contributed by atoms with van der Waals surface area (Å²) in [5.41, 5.74) is 2.70. The number of rotatable bonds is 15. The number of aromatic nitrogens is 3. The summed E-state index contributed by atoms with van der Waals surface area (Å²) in [4.78, 5) is 27.6. The number of unbranched alkanes of at least 4 members (excludes halogenated alkanes) is 1. The highest BCUT2D eigenvalue weighted by Gasteiger charge is 2.22. The van der Waals surface area contributed by atoms with Crippen molar-refractivity contribution in [3.05, 3.63) is 53.2 Å². The summed E-state index contributed by atoms with van der Waals surface area (Å²) < 4.78 is 32.5. The van der Waals surface area contributed by atoms with E-state index < -0.39 is 30.6 Å². The van der Waals surface area contributed by atoms with Gasteiger partial charge in [-0.2, -0.15) is 0 Å². The quantitative estimate of drug-likeness (QED) is 0.235. The number of nitrogens with one attached hydrogen (secondary N) is 2. The molecule has 9 nitrogen and oxygen atoms in total. The highest BCUT2D eigenvalue weighted by molar-refractivity contribution is 5.91. The maximum Gasteiger partial charge on any atom is 0.326 e. The summed E-state index contributed by atoms with van der Waals surface area (Å²) in [6, 6.07) is 7.41. The fraction of sp³-hybridized carbons (Fsp3) is 0.517. The first-order valence-electron chi connectivity index (χ1n) is 13.8. The Morgan fingerprint density at radius 3 is 2.83 bits per heavy atom. The van der Waals surface area contributed by atoms with Gasteiger partial charge in [0.05, 0.1) is 11.6 Å². The Morgan fingerprint density at radius 2 is 2.05 bits per heavy atom. The van der Waals surface area contributed by atoms with E-state index in [9.17, 15) is 18.7 Å². The average Bonchev–Trinajstić information content (AvgIpc) is 2.94. The Labute approximate surface area is 233 Å². The first kappa shape index (κ1) is 29.5. The second-order valence-electron chi connectivity index (χ2n) is 10.2. The van der Waals surface area contributed by atoms with Crippen LogP contribution in [0.15, 0.2) is 30.3 Å². The average molecular weight is 557 g/mol. The number of alkyl halides is 1. The molecule has 0 fully saturated rings. The number of ether oxygens (including phenoxy) is 1. The van der Waals surface area contributed by atoms with Crippen molar-refractivity contribution in [2.24, 2.45) is 0 Å². The Bertz CT molecular complexity index is 1280. The molecular formula is C29H38F2N6O3. The van der Waals surface area contributed by atoms with E-state index >= 15 is 0 Å². The third-order valence-corrected chi connectivity index (χ3v) is 7.19. The van der Waals surface area contributed by atoms with E-state index in [-0.39, 0.29) is 6.42 Å². The number of pyridine rings is 1. The molecule has 1 aliphatic heterocycles. The molecule has 1 aromatic carbocycles. The van der Waals surface area contributed by atoms with Crippen molar-refractivity contribution in [1.29, 1.82) is 0 Å². The minimum Gasteiger partial charge on any atom is -0.480 e. The molecule has 1 aliphatic rings. The van der Waals surface area contributed by atoms with Crippen molar-refractivity contribution < 1.29 is 23.4 Å². The van der Waals surface area contributed by atoms with Crippen LogP contribution >= 0.6 is 0 Å². The number of hydrogen-bond donors (Lipinski definition) is 3. The predicted octanol–water partition coefficient (Wildman–Crippen LogP) is 4.40. The number of carboxylic acids is 1. The van der Waals surface area contributed by atoms with Crippen LogP contribution in [0, 0.1) is 12.7 Å². The van der Waals surface area contributed by atoms with Gasteiger partial charge in [-0.3, -0.25) is 0 Å². The molecule has 3 N–H and O–H groups in total. The molecule has 40 heavy (non-hydrogen) atoms. The molecule has 0 radical (unpaired) electrons. The topological polar surface area (TPSA) is 113 Å². The van der Waals surface area contributed by atoms with E-state index in [1.807, 2.05) is 4.90 Å². The van der Waals surface area contributed by atoms with Gasteiger partial charge in [-0.15, -0.1) is 0 Å². The molecule has 3 heterocycles. The number of nitrogens with zero attached hydrogens (tertiary/aromatic N) is 4. The highest BCUT2D eigenvalue weighted by atomic mass is 19.1. The number of carbonyl (C=O) groups is 1. The highest BCUT2D eigenvalue weighted by Crippen LogP contribution is 2.23. The van der Waals surface area contributed by atoms with Crippen LogP contribution in [0.25, 0.3) is 10.9 Å². The van der Waals surface area contributed by atoms with Gasteiger partial charge in [-0.05, 0) is 75.8 Å². The standard InChI is InChI=1S/C29H38F2N6O3/c1-19-33-26-16-21(31)9-11-24(26)28(34-19)36-25(29(38)39)12-15-37(18-23(17-30)40-2)14-4-3-7-22-10-8-20-6-5-13-32-27(20)35-22/h8-11,16,23,25H,3-7,12-15,17-18H2,1-2H3,(H,32,35)(H,38,39)(H,33,34,36)/t23-,25+/m1/s1. The lowest BCUT2D eigenvalue weighted by molar-refractivity contribution is -0.138. The Hall–Kier alpha value is -3.44. The maximum absolute atomic E-state index is 13.7. The molecule has 11 heteroatoms. The van der Waals surface area contributed by atoms with Gasteiger partial charge in [0.25, 0.3) is 0 Å². The van der Waals surface area contributed by atoms with Crippen molar-refractivity contribution in [2.45, 2.75) is 57.6 Å². The Balaban J connectivity index is 1.37. The molecular weight excluding hydrogens is 518 g/mol. The van der Waals surface area contributed by atoms with E-state index in [0.717, 1.165) is 50.2 Å². The van der Waals surface area contributed by atoms with Gasteiger partial charge in [0.2, 0.25) is 0 Å². The lowest BCUT2D eigenvalue weighted by atomic mass is 10.1. The number of aliphatic carboxylic acids is 1. The number of fused-ring (bicyclic) bond motifs is 2. The minimum atomic E-state index is -1.03. The fourth-order valence-electron chi connectivity index (χ4n) is 4.98. The summed E-state index contributed by atoms with van der Waals surface area (Å²) in [7, 11) is 1.48. The first-order valence-corrected chi connectivity index (χ1v) is 13.8. The molecule has 0 spiro atoms. The van der Waals surface area contributed by atoms with Crippen LogP contribution < -0.4 is 10.6 Å². The van der Waals surface area contributed by atoms with Crippen LogP contribution in [0.2, 0.25) is 0 Å². The monoisotopic (exact) mass is 556 g/mol. The van der Waals surface area contributed by atoms with E-state index in [1.165, 1.54) is 30.9 Å². The lowest BCUT2D eigenvalue weighted by Crippen LogP contribution is -2.40. The van der Waals surface area contributed by atoms with E-state index in [4.69, 9.17) is 9.72 Å². The number of hydrogen-bond acceptors (Lipinski definition) is 8. The molecule has 2 aromatic heterocycles. The molecule has 216 valence electrons. The third kappa shape index (κ3) is 8.04. The van der Waals surface area contributed by atoms with Crippen LogP contribution in [0.4, 0.5) is 20.4 Å². The van der Waals surface area contributed by atoms with Gasteiger partial charge in [0, 0.05) is 43.9 Å². The second-order valence-corrected chi connectivity index (χ2v) is 10.2. The SMILES string of the molecule is CO[C@H](CF)CN(CCCCc1ccc2c(n1)NCCC2)CC[C@H](Nc1nc(C)nc2cc(F)ccc12)C(=O)O. The fourth-order valence-corrected chi connectivity index (χ4v) is 4.98. The summed E-state index contributed by atoms with van der Waals surface area (Å²) in [6.45, 7) is 3.44. The molecule has 0 aliphatic carbocycles. The number of halogens is 2. The molecule has 0 saturated heterocycles. The molecule has 3 aromatic rings.